The first-order valence-electron chi connectivity index (χ1n) is 26.5. The molecule has 2 N–H and O–H groups in total. The fraction of sp³-hybridized carbons (Fsp3) is 0.833. The van der Waals surface area contributed by atoms with Gasteiger partial charge >= 0.3 is 0 Å². The van der Waals surface area contributed by atoms with Crippen molar-refractivity contribution in [3.05, 3.63) is 48.6 Å². The van der Waals surface area contributed by atoms with E-state index in [4.69, 9.17) is 9.05 Å². The number of hydrogen-bond acceptors (Lipinski definition) is 6. The summed E-state index contributed by atoms with van der Waals surface area (Å²) < 4.78 is 23.3. The third-order valence-electron chi connectivity index (χ3n) is 11.8. The van der Waals surface area contributed by atoms with Gasteiger partial charge in [0.1, 0.15) is 13.2 Å². The zero-order valence-corrected chi connectivity index (χ0v) is 42.9. The number of rotatable bonds is 48. The second kappa shape index (κ2) is 45.6. The molecule has 0 radical (unpaired) electrons. The molecule has 0 spiro atoms. The number of carbonyl (C=O) groups is 1. The van der Waals surface area contributed by atoms with Gasteiger partial charge in [-0.15, -0.1) is 0 Å². The fourth-order valence-electron chi connectivity index (χ4n) is 7.64. The van der Waals surface area contributed by atoms with Gasteiger partial charge in [0, 0.05) is 6.42 Å². The summed E-state index contributed by atoms with van der Waals surface area (Å²) in [4.78, 5) is 25.4. The van der Waals surface area contributed by atoms with Gasteiger partial charge in [-0.3, -0.25) is 9.36 Å². The van der Waals surface area contributed by atoms with Gasteiger partial charge < -0.3 is 28.8 Å². The maximum atomic E-state index is 12.9. The summed E-state index contributed by atoms with van der Waals surface area (Å²) in [6, 6.07) is -0.893. The minimum absolute atomic E-state index is 0.00418. The number of nitrogens with one attached hydrogen (secondary N) is 1. The number of phosphoric ester groups is 1. The van der Waals surface area contributed by atoms with Crippen LogP contribution in [0.2, 0.25) is 0 Å². The molecule has 0 aliphatic heterocycles. The fourth-order valence-corrected chi connectivity index (χ4v) is 8.36. The van der Waals surface area contributed by atoms with Crippen LogP contribution in [0.4, 0.5) is 0 Å². The van der Waals surface area contributed by atoms with Crippen LogP contribution in [-0.4, -0.2) is 68.5 Å². The van der Waals surface area contributed by atoms with Crippen LogP contribution in [0.3, 0.4) is 0 Å². The van der Waals surface area contributed by atoms with Crippen molar-refractivity contribution in [2.24, 2.45) is 0 Å². The molecule has 0 rings (SSSR count). The number of likely N-dealkylation sites (N-methyl/N-ethyl adjacent to an activating group) is 1. The molecule has 0 heterocycles. The number of quaternary nitrogens is 1. The summed E-state index contributed by atoms with van der Waals surface area (Å²) in [5.74, 6) is -0.207. The Hall–Kier alpha value is -1.54. The third kappa shape index (κ3) is 48.2. The van der Waals surface area contributed by atoms with E-state index in [2.05, 4.69) is 55.6 Å². The summed E-state index contributed by atoms with van der Waals surface area (Å²) in [6.07, 6.45) is 58.9. The van der Waals surface area contributed by atoms with E-state index < -0.39 is 20.0 Å². The average Bonchev–Trinajstić information content (AvgIpc) is 3.24. The first-order valence-corrected chi connectivity index (χ1v) is 28.0. The smallest absolute Gasteiger partial charge is 0.268 e. The van der Waals surface area contributed by atoms with E-state index in [0.717, 1.165) is 70.6 Å². The van der Waals surface area contributed by atoms with Crippen LogP contribution < -0.4 is 10.2 Å². The second-order valence-corrected chi connectivity index (χ2v) is 20.6. The van der Waals surface area contributed by atoms with Crippen molar-refractivity contribution in [3.8, 4) is 0 Å². The monoisotopic (exact) mass is 907 g/mol. The van der Waals surface area contributed by atoms with Crippen LogP contribution in [0.15, 0.2) is 48.6 Å². The van der Waals surface area contributed by atoms with E-state index in [1.807, 2.05) is 27.2 Å². The van der Waals surface area contributed by atoms with Crippen LogP contribution in [0, 0.1) is 0 Å². The van der Waals surface area contributed by atoms with Crippen molar-refractivity contribution in [1.29, 1.82) is 0 Å². The number of amides is 1. The molecule has 8 nitrogen and oxygen atoms in total. The molecule has 0 aliphatic carbocycles. The van der Waals surface area contributed by atoms with Crippen molar-refractivity contribution < 1.29 is 32.9 Å². The van der Waals surface area contributed by atoms with Gasteiger partial charge in [0.2, 0.25) is 5.91 Å². The number of allylic oxidation sites excluding steroid dienone is 7. The molecule has 63 heavy (non-hydrogen) atoms. The number of phosphoric acid groups is 1. The highest BCUT2D eigenvalue weighted by Gasteiger charge is 2.23. The highest BCUT2D eigenvalue weighted by Crippen LogP contribution is 2.38. The largest absolute Gasteiger partial charge is 0.756 e. The van der Waals surface area contributed by atoms with E-state index in [9.17, 15) is 19.4 Å². The Morgan fingerprint density at radius 3 is 1.41 bits per heavy atom. The maximum Gasteiger partial charge on any atom is 0.268 e. The van der Waals surface area contributed by atoms with E-state index in [1.165, 1.54) is 148 Å². The summed E-state index contributed by atoms with van der Waals surface area (Å²) >= 11 is 0. The van der Waals surface area contributed by atoms with Gasteiger partial charge in [0.25, 0.3) is 7.82 Å². The first-order chi connectivity index (χ1) is 30.5. The maximum absolute atomic E-state index is 12.9. The van der Waals surface area contributed by atoms with Gasteiger partial charge in [0.05, 0.1) is 39.9 Å². The quantitative estimate of drug-likeness (QED) is 0.0272. The molecule has 3 unspecified atom stereocenters. The first kappa shape index (κ1) is 61.5. The molecule has 370 valence electrons. The average molecular weight is 907 g/mol. The van der Waals surface area contributed by atoms with E-state index in [1.54, 1.807) is 6.08 Å². The lowest BCUT2D eigenvalue weighted by Gasteiger charge is -2.29. The standard InChI is InChI=1S/C54H103N2O6P/c1-6-8-10-12-14-16-18-20-22-24-25-26-27-28-29-30-32-33-35-37-39-41-43-45-47-53(57)52(51-62-63(59,60)61-50-49-56(3,4)5)55-54(58)48-46-44-42-40-38-36-34-31-23-21-19-17-15-13-11-9-7-2/h9,11,15,17,21,23,45,47,52-53,57H,6-8,10,12-14,16,18-20,22,24-44,46,48-51H2,1-5H3,(H-,55,58,59,60)/b11-9-,17-15-,23-21-,47-45+. The predicted molar refractivity (Wildman–Crippen MR) is 270 cm³/mol. The number of aliphatic hydroxyl groups is 1. The van der Waals surface area contributed by atoms with Crippen LogP contribution >= 0.6 is 7.82 Å². The van der Waals surface area contributed by atoms with Crippen molar-refractivity contribution in [2.75, 3.05) is 40.9 Å². The Morgan fingerprint density at radius 2 is 0.968 bits per heavy atom. The van der Waals surface area contributed by atoms with Crippen molar-refractivity contribution >= 4 is 13.7 Å². The van der Waals surface area contributed by atoms with Gasteiger partial charge in [-0.2, -0.15) is 0 Å². The topological polar surface area (TPSA) is 108 Å². The molecule has 9 heteroatoms. The predicted octanol–water partition coefficient (Wildman–Crippen LogP) is 15.0. The Labute approximate surface area is 390 Å². The Morgan fingerprint density at radius 1 is 0.571 bits per heavy atom. The van der Waals surface area contributed by atoms with E-state index in [0.29, 0.717) is 17.4 Å². The summed E-state index contributed by atoms with van der Waals surface area (Å²) in [7, 11) is 1.25. The number of nitrogens with zero attached hydrogens (tertiary/aromatic N) is 1. The van der Waals surface area contributed by atoms with E-state index in [-0.39, 0.29) is 19.1 Å². The summed E-state index contributed by atoms with van der Waals surface area (Å²) in [5.41, 5.74) is 0. The molecular weight excluding hydrogens is 804 g/mol. The van der Waals surface area contributed by atoms with Gasteiger partial charge in [-0.05, 0) is 51.4 Å². The zero-order valence-electron chi connectivity index (χ0n) is 42.0. The number of hydrogen-bond donors (Lipinski definition) is 2. The molecule has 0 saturated heterocycles. The molecule has 0 aromatic rings. The lowest BCUT2D eigenvalue weighted by Crippen LogP contribution is -2.45. The Bertz CT molecular complexity index is 1170. The third-order valence-corrected chi connectivity index (χ3v) is 12.8. The summed E-state index contributed by atoms with van der Waals surface area (Å²) in [5, 5.41) is 13.9. The highest BCUT2D eigenvalue weighted by atomic mass is 31.2. The molecule has 0 aromatic carbocycles. The van der Waals surface area contributed by atoms with Gasteiger partial charge in [-0.25, -0.2) is 0 Å². The van der Waals surface area contributed by atoms with Crippen LogP contribution in [0.25, 0.3) is 0 Å². The molecule has 3 atom stereocenters. The molecule has 1 amide bonds. The second-order valence-electron chi connectivity index (χ2n) is 19.2. The van der Waals surface area contributed by atoms with Crippen molar-refractivity contribution in [2.45, 2.75) is 251 Å². The number of carbonyl (C=O) groups excluding carboxylic acids is 1. The lowest BCUT2D eigenvalue weighted by atomic mass is 10.0. The van der Waals surface area contributed by atoms with Crippen LogP contribution in [0.5, 0.6) is 0 Å². The molecule has 0 bridgehead atoms. The molecule has 0 fully saturated rings. The molecule has 0 saturated carbocycles. The SMILES string of the molecule is CC/C=C\C/C=C\C/C=C\CCCCCCCCCC(=O)NC(COP(=O)([O-])OCC[N+](C)(C)C)C(O)/C=C/CCCCCCCCCCCCCCCCCCCCCCCC. The summed E-state index contributed by atoms with van der Waals surface area (Å²) in [6.45, 7) is 4.55. The van der Waals surface area contributed by atoms with E-state index >= 15 is 0 Å². The Kier molecular flexibility index (Phi) is 44.5. The molecular formula is C54H103N2O6P. The highest BCUT2D eigenvalue weighted by molar-refractivity contribution is 7.45. The Balaban J connectivity index is 4.27. The normalized spacial score (nSPS) is 14.5. The van der Waals surface area contributed by atoms with Gasteiger partial charge in [0.15, 0.2) is 0 Å². The number of aliphatic hydroxyl groups excluding tert-OH is 1. The van der Waals surface area contributed by atoms with Crippen molar-refractivity contribution in [3.63, 3.8) is 0 Å². The molecule has 0 aliphatic rings. The van der Waals surface area contributed by atoms with Gasteiger partial charge in [-0.1, -0.05) is 229 Å². The van der Waals surface area contributed by atoms with Crippen LogP contribution in [0.1, 0.15) is 239 Å². The van der Waals surface area contributed by atoms with Crippen LogP contribution in [-0.2, 0) is 18.4 Å². The van der Waals surface area contributed by atoms with Crippen molar-refractivity contribution in [1.82, 2.24) is 5.32 Å². The number of unbranched alkanes of at least 4 members (excludes halogenated alkanes) is 29. The minimum Gasteiger partial charge on any atom is -0.756 e. The molecule has 0 aromatic heterocycles. The zero-order chi connectivity index (χ0) is 46.4. The lowest BCUT2D eigenvalue weighted by molar-refractivity contribution is -0.870. The minimum atomic E-state index is -4.60.